The lowest BCUT2D eigenvalue weighted by Gasteiger charge is -2.28. The molecule has 0 aliphatic carbocycles. The zero-order chi connectivity index (χ0) is 21.1. The van der Waals surface area contributed by atoms with Crippen molar-refractivity contribution in [1.29, 1.82) is 0 Å². The normalized spacial score (nSPS) is 14.5. The molecule has 3 aromatic rings. The number of ether oxygens (including phenoxy) is 1. The van der Waals surface area contributed by atoms with Crippen LogP contribution in [0, 0.1) is 0 Å². The highest BCUT2D eigenvalue weighted by atomic mass is 31.1. The van der Waals surface area contributed by atoms with Crippen LogP contribution in [-0.4, -0.2) is 60.6 Å². The van der Waals surface area contributed by atoms with E-state index in [-0.39, 0.29) is 14.0 Å². The van der Waals surface area contributed by atoms with Crippen molar-refractivity contribution in [3.05, 3.63) is 36.7 Å². The first-order valence-corrected chi connectivity index (χ1v) is 12.6. The number of fused-ring (bicyclic) bond motifs is 1. The summed E-state index contributed by atoms with van der Waals surface area (Å²) in [5.74, 6) is 2.48. The van der Waals surface area contributed by atoms with E-state index in [9.17, 15) is 0 Å². The highest BCUT2D eigenvalue weighted by Crippen LogP contribution is 2.33. The summed E-state index contributed by atoms with van der Waals surface area (Å²) in [4.78, 5) is 16.1. The molecule has 0 bridgehead atoms. The minimum atomic E-state index is -0.205. The Kier molecular flexibility index (Phi) is 6.30. The second kappa shape index (κ2) is 9.11. The van der Waals surface area contributed by atoms with Gasteiger partial charge in [0, 0.05) is 26.2 Å². The van der Waals surface area contributed by atoms with Crippen molar-refractivity contribution in [3.63, 3.8) is 0 Å². The van der Waals surface area contributed by atoms with Gasteiger partial charge in [-0.3, -0.25) is 0 Å². The molecule has 2 N–H and O–H groups in total. The van der Waals surface area contributed by atoms with Crippen molar-refractivity contribution in [2.45, 2.75) is 20.0 Å². The zero-order valence-corrected chi connectivity index (χ0v) is 18.9. The second-order valence-corrected chi connectivity index (χ2v) is 10.2. The summed E-state index contributed by atoms with van der Waals surface area (Å²) in [7, 11) is -0.205. The molecular formula is C22H29N6OP. The van der Waals surface area contributed by atoms with Gasteiger partial charge in [-0.1, -0.05) is 14.0 Å². The topological polar surface area (TPSA) is 75.2 Å². The van der Waals surface area contributed by atoms with Crippen LogP contribution in [0.3, 0.4) is 0 Å². The highest BCUT2D eigenvalue weighted by molar-refractivity contribution is 7.64. The lowest BCUT2D eigenvalue weighted by atomic mass is 10.2. The number of hydrogen-bond acceptors (Lipinski definition) is 7. The van der Waals surface area contributed by atoms with Gasteiger partial charge in [-0.2, -0.15) is 0 Å². The van der Waals surface area contributed by atoms with Gasteiger partial charge in [-0.05, 0) is 56.7 Å². The monoisotopic (exact) mass is 424 g/mol. The Bertz CT molecular complexity index is 1020. The molecule has 2 aromatic heterocycles. The number of anilines is 3. The Balaban J connectivity index is 1.71. The molecular weight excluding hydrogens is 395 g/mol. The van der Waals surface area contributed by atoms with E-state index in [1.165, 1.54) is 5.30 Å². The lowest BCUT2D eigenvalue weighted by Crippen LogP contribution is -2.43. The van der Waals surface area contributed by atoms with Crippen molar-refractivity contribution < 1.29 is 4.74 Å². The molecule has 1 saturated heterocycles. The van der Waals surface area contributed by atoms with Gasteiger partial charge in [0.25, 0.3) is 0 Å². The average molecular weight is 424 g/mol. The van der Waals surface area contributed by atoms with Gasteiger partial charge < -0.3 is 20.3 Å². The van der Waals surface area contributed by atoms with Gasteiger partial charge in [0.1, 0.15) is 23.4 Å². The van der Waals surface area contributed by atoms with Crippen molar-refractivity contribution >= 4 is 41.6 Å². The Morgan fingerprint density at radius 1 is 1.10 bits per heavy atom. The summed E-state index contributed by atoms with van der Waals surface area (Å²) in [6, 6.07) is 10.4. The SMILES string of the molecule is CC(C)Oc1cc(P(C)C)ccc1Nc1ncnc2ccc(N3CCNCC3)nc12. The van der Waals surface area contributed by atoms with Gasteiger partial charge in [0.05, 0.1) is 17.3 Å². The molecule has 1 aliphatic rings. The van der Waals surface area contributed by atoms with Crippen LogP contribution in [0.5, 0.6) is 5.75 Å². The average Bonchev–Trinajstić information content (AvgIpc) is 2.75. The predicted octanol–water partition coefficient (Wildman–Crippen LogP) is 3.33. The lowest BCUT2D eigenvalue weighted by molar-refractivity contribution is 0.244. The molecule has 0 unspecified atom stereocenters. The number of hydrogen-bond donors (Lipinski definition) is 2. The molecule has 4 rings (SSSR count). The Labute approximate surface area is 179 Å². The minimum Gasteiger partial charge on any atom is -0.489 e. The summed E-state index contributed by atoms with van der Waals surface area (Å²) in [5, 5.41) is 8.14. The fourth-order valence-corrected chi connectivity index (χ4v) is 4.21. The minimum absolute atomic E-state index is 0.0836. The summed E-state index contributed by atoms with van der Waals surface area (Å²) in [6.45, 7) is 12.4. The molecule has 158 valence electrons. The molecule has 0 saturated carbocycles. The molecule has 7 nitrogen and oxygen atoms in total. The number of rotatable bonds is 6. The standard InChI is InChI=1S/C22H29N6OP/c1-15(2)29-19-13-16(30(3)4)5-6-17(19)26-22-21-18(24-14-25-22)7-8-20(27-21)28-11-9-23-10-12-28/h5-8,13-15,23H,9-12H2,1-4H3,(H,24,25,26). The molecule has 30 heavy (non-hydrogen) atoms. The number of pyridine rings is 1. The van der Waals surface area contributed by atoms with E-state index < -0.39 is 0 Å². The maximum atomic E-state index is 6.11. The third-order valence-electron chi connectivity index (χ3n) is 5.01. The van der Waals surface area contributed by atoms with E-state index in [2.05, 4.69) is 57.0 Å². The van der Waals surface area contributed by atoms with Crippen molar-refractivity contribution in [3.8, 4) is 5.75 Å². The molecule has 0 spiro atoms. The van der Waals surface area contributed by atoms with Crippen molar-refractivity contribution in [2.24, 2.45) is 0 Å². The van der Waals surface area contributed by atoms with E-state index in [1.54, 1.807) is 6.33 Å². The third-order valence-corrected chi connectivity index (χ3v) is 6.32. The van der Waals surface area contributed by atoms with Crippen molar-refractivity contribution in [1.82, 2.24) is 20.3 Å². The molecule has 1 aliphatic heterocycles. The number of piperazine rings is 1. The molecule has 1 fully saturated rings. The Hall–Kier alpha value is -2.50. The van der Waals surface area contributed by atoms with Gasteiger partial charge in [-0.15, -0.1) is 0 Å². The molecule has 0 amide bonds. The van der Waals surface area contributed by atoms with E-state index in [4.69, 9.17) is 9.72 Å². The van der Waals surface area contributed by atoms with Crippen LogP contribution in [0.2, 0.25) is 0 Å². The third kappa shape index (κ3) is 4.63. The fraction of sp³-hybridized carbons (Fsp3) is 0.409. The fourth-order valence-electron chi connectivity index (χ4n) is 3.46. The number of benzene rings is 1. The smallest absolute Gasteiger partial charge is 0.160 e. The summed E-state index contributed by atoms with van der Waals surface area (Å²) in [6.07, 6.45) is 1.66. The predicted molar refractivity (Wildman–Crippen MR) is 126 cm³/mol. The first kappa shape index (κ1) is 20.8. The quantitative estimate of drug-likeness (QED) is 0.588. The first-order chi connectivity index (χ1) is 14.5. The van der Waals surface area contributed by atoms with Gasteiger partial charge >= 0.3 is 0 Å². The van der Waals surface area contributed by atoms with Crippen LogP contribution in [0.4, 0.5) is 17.3 Å². The van der Waals surface area contributed by atoms with Gasteiger partial charge in [0.2, 0.25) is 0 Å². The molecule has 1 aromatic carbocycles. The van der Waals surface area contributed by atoms with E-state index in [0.717, 1.165) is 54.5 Å². The summed E-state index contributed by atoms with van der Waals surface area (Å²) in [5.41, 5.74) is 2.47. The number of aromatic nitrogens is 3. The second-order valence-electron chi connectivity index (χ2n) is 7.86. The highest BCUT2D eigenvalue weighted by Gasteiger charge is 2.16. The number of nitrogens with one attached hydrogen (secondary N) is 2. The van der Waals surface area contributed by atoms with E-state index >= 15 is 0 Å². The van der Waals surface area contributed by atoms with Crippen LogP contribution in [0.1, 0.15) is 13.8 Å². The molecule has 0 atom stereocenters. The van der Waals surface area contributed by atoms with Crippen LogP contribution in [-0.2, 0) is 0 Å². The van der Waals surface area contributed by atoms with Gasteiger partial charge in [0.15, 0.2) is 5.82 Å². The number of nitrogens with zero attached hydrogens (tertiary/aromatic N) is 4. The van der Waals surface area contributed by atoms with Crippen molar-refractivity contribution in [2.75, 3.05) is 49.7 Å². The molecule has 0 radical (unpaired) electrons. The summed E-state index contributed by atoms with van der Waals surface area (Å²) >= 11 is 0. The molecule has 3 heterocycles. The van der Waals surface area contributed by atoms with Crippen LogP contribution in [0.25, 0.3) is 11.0 Å². The van der Waals surface area contributed by atoms with Crippen LogP contribution >= 0.6 is 7.92 Å². The zero-order valence-electron chi connectivity index (χ0n) is 18.0. The molecule has 8 heteroatoms. The summed E-state index contributed by atoms with van der Waals surface area (Å²) < 4.78 is 6.11. The largest absolute Gasteiger partial charge is 0.489 e. The van der Waals surface area contributed by atoms with Gasteiger partial charge in [-0.25, -0.2) is 15.0 Å². The van der Waals surface area contributed by atoms with E-state index in [1.807, 2.05) is 26.0 Å². The van der Waals surface area contributed by atoms with E-state index in [0.29, 0.717) is 5.82 Å². The first-order valence-electron chi connectivity index (χ1n) is 10.3. The maximum absolute atomic E-state index is 6.11. The Morgan fingerprint density at radius 3 is 2.63 bits per heavy atom. The van der Waals surface area contributed by atoms with Crippen LogP contribution in [0.15, 0.2) is 36.7 Å². The van der Waals surface area contributed by atoms with Crippen LogP contribution < -0.4 is 25.6 Å². The maximum Gasteiger partial charge on any atom is 0.160 e. The Morgan fingerprint density at radius 2 is 1.90 bits per heavy atom.